The number of nitrogens with zero attached hydrogens (tertiary/aromatic N) is 3. The van der Waals surface area contributed by atoms with E-state index in [4.69, 9.17) is 4.74 Å². The van der Waals surface area contributed by atoms with E-state index in [0.717, 1.165) is 28.2 Å². The second-order valence-electron chi connectivity index (χ2n) is 4.54. The number of fused-ring (bicyclic) bond motifs is 1. The average Bonchev–Trinajstić information content (AvgIpc) is 2.78. The lowest BCUT2D eigenvalue weighted by atomic mass is 10.2. The van der Waals surface area contributed by atoms with Crippen molar-refractivity contribution < 1.29 is 4.74 Å². The molecule has 0 saturated heterocycles. The van der Waals surface area contributed by atoms with Crippen molar-refractivity contribution in [2.24, 2.45) is 7.05 Å². The Bertz CT molecular complexity index is 704. The molecule has 3 aromatic rings. The quantitative estimate of drug-likeness (QED) is 0.720. The number of ether oxygens (including phenoxy) is 1. The zero-order valence-electron chi connectivity index (χ0n) is 11.0. The fourth-order valence-corrected chi connectivity index (χ4v) is 2.00. The average molecular weight is 253 g/mol. The van der Waals surface area contributed by atoms with Gasteiger partial charge in [0, 0.05) is 13.1 Å². The lowest BCUT2D eigenvalue weighted by Gasteiger charge is -2.09. The second-order valence-corrected chi connectivity index (χ2v) is 4.54. The molecule has 4 heteroatoms. The summed E-state index contributed by atoms with van der Waals surface area (Å²) < 4.78 is 7.79. The third kappa shape index (κ3) is 2.29. The maximum absolute atomic E-state index is 5.85. The number of aryl methyl sites for hydroxylation is 2. The van der Waals surface area contributed by atoms with Crippen molar-refractivity contribution >= 4 is 11.2 Å². The Kier molecular flexibility index (Phi) is 2.91. The summed E-state index contributed by atoms with van der Waals surface area (Å²) in [6, 6.07) is 12.1. The van der Waals surface area contributed by atoms with Crippen LogP contribution in [0.1, 0.15) is 11.3 Å². The van der Waals surface area contributed by atoms with Gasteiger partial charge in [0.2, 0.25) is 0 Å². The molecule has 0 amide bonds. The van der Waals surface area contributed by atoms with E-state index in [2.05, 4.69) is 9.97 Å². The molecule has 3 rings (SSSR count). The lowest BCUT2D eigenvalue weighted by Crippen LogP contribution is -1.99. The molecule has 0 aliphatic rings. The van der Waals surface area contributed by atoms with Crippen LogP contribution >= 0.6 is 0 Å². The van der Waals surface area contributed by atoms with Crippen molar-refractivity contribution in [3.8, 4) is 5.75 Å². The van der Waals surface area contributed by atoms with E-state index >= 15 is 0 Å². The third-order valence-electron chi connectivity index (χ3n) is 3.10. The van der Waals surface area contributed by atoms with Gasteiger partial charge < -0.3 is 9.30 Å². The molecule has 0 radical (unpaired) electrons. The van der Waals surface area contributed by atoms with Gasteiger partial charge in [-0.15, -0.1) is 0 Å². The molecule has 2 aromatic heterocycles. The van der Waals surface area contributed by atoms with E-state index in [9.17, 15) is 0 Å². The number of rotatable bonds is 3. The van der Waals surface area contributed by atoms with Crippen LogP contribution in [0.4, 0.5) is 0 Å². The van der Waals surface area contributed by atoms with Gasteiger partial charge in [-0.05, 0) is 12.5 Å². The van der Waals surface area contributed by atoms with Crippen LogP contribution < -0.4 is 4.74 Å². The number of aromatic nitrogens is 3. The van der Waals surface area contributed by atoms with Gasteiger partial charge >= 0.3 is 0 Å². The summed E-state index contributed by atoms with van der Waals surface area (Å²) in [6.45, 7) is 2.49. The first-order valence-electron chi connectivity index (χ1n) is 6.19. The van der Waals surface area contributed by atoms with Crippen molar-refractivity contribution in [2.45, 2.75) is 13.5 Å². The van der Waals surface area contributed by atoms with E-state index in [1.54, 1.807) is 6.33 Å². The summed E-state index contributed by atoms with van der Waals surface area (Å²) in [5, 5.41) is 0. The van der Waals surface area contributed by atoms with E-state index in [0.29, 0.717) is 6.61 Å². The number of hydrogen-bond acceptors (Lipinski definition) is 3. The third-order valence-corrected chi connectivity index (χ3v) is 3.10. The number of benzene rings is 1. The lowest BCUT2D eigenvalue weighted by molar-refractivity contribution is 0.303. The van der Waals surface area contributed by atoms with E-state index in [1.807, 2.05) is 54.9 Å². The van der Waals surface area contributed by atoms with Crippen LogP contribution in [0.5, 0.6) is 5.75 Å². The molecule has 0 unspecified atom stereocenters. The van der Waals surface area contributed by atoms with Gasteiger partial charge in [-0.25, -0.2) is 9.97 Å². The summed E-state index contributed by atoms with van der Waals surface area (Å²) in [6.07, 6.45) is 1.76. The Balaban J connectivity index is 1.88. The Morgan fingerprint density at radius 1 is 1.21 bits per heavy atom. The second kappa shape index (κ2) is 4.72. The molecule has 0 spiro atoms. The summed E-state index contributed by atoms with van der Waals surface area (Å²) in [5.41, 5.74) is 3.75. The van der Waals surface area contributed by atoms with Crippen LogP contribution in [0.2, 0.25) is 0 Å². The predicted molar refractivity (Wildman–Crippen MR) is 74.0 cm³/mol. The van der Waals surface area contributed by atoms with E-state index in [-0.39, 0.29) is 0 Å². The molecule has 0 aliphatic carbocycles. The standard InChI is InChI=1S/C15H15N3O/c1-11-14(19-9-12-6-4-3-5-7-12)8-13-15(17-11)16-10-18(13)2/h3-8,10H,9H2,1-2H3. The van der Waals surface area contributed by atoms with Gasteiger partial charge in [0.05, 0.1) is 17.5 Å². The zero-order valence-corrected chi connectivity index (χ0v) is 11.0. The predicted octanol–water partition coefficient (Wildman–Crippen LogP) is 2.86. The molecule has 0 N–H and O–H groups in total. The van der Waals surface area contributed by atoms with E-state index < -0.39 is 0 Å². The molecule has 19 heavy (non-hydrogen) atoms. The van der Waals surface area contributed by atoms with Crippen molar-refractivity contribution in [3.05, 3.63) is 54.0 Å². The molecule has 0 saturated carbocycles. The first-order chi connectivity index (χ1) is 9.24. The summed E-state index contributed by atoms with van der Waals surface area (Å²) in [5.74, 6) is 0.806. The Morgan fingerprint density at radius 2 is 2.00 bits per heavy atom. The van der Waals surface area contributed by atoms with Crippen molar-refractivity contribution in [1.29, 1.82) is 0 Å². The Hall–Kier alpha value is -2.36. The van der Waals surface area contributed by atoms with Crippen LogP contribution in [0.3, 0.4) is 0 Å². The Labute approximate surface area is 111 Å². The SMILES string of the molecule is Cc1nc2ncn(C)c2cc1OCc1ccccc1. The minimum Gasteiger partial charge on any atom is -0.487 e. The van der Waals surface area contributed by atoms with Gasteiger partial charge in [-0.1, -0.05) is 30.3 Å². The molecule has 96 valence electrons. The number of pyridine rings is 1. The molecule has 0 atom stereocenters. The van der Waals surface area contributed by atoms with Crippen molar-refractivity contribution in [3.63, 3.8) is 0 Å². The number of hydrogen-bond donors (Lipinski definition) is 0. The molecule has 0 aliphatic heterocycles. The van der Waals surface area contributed by atoms with Gasteiger partial charge in [0.15, 0.2) is 5.65 Å². The molecule has 0 fully saturated rings. The molecule has 4 nitrogen and oxygen atoms in total. The van der Waals surface area contributed by atoms with Gasteiger partial charge in [-0.2, -0.15) is 0 Å². The Morgan fingerprint density at radius 3 is 2.79 bits per heavy atom. The number of imidazole rings is 1. The largest absolute Gasteiger partial charge is 0.487 e. The first kappa shape index (κ1) is 11.7. The zero-order chi connectivity index (χ0) is 13.2. The summed E-state index contributed by atoms with van der Waals surface area (Å²) in [4.78, 5) is 8.69. The summed E-state index contributed by atoms with van der Waals surface area (Å²) >= 11 is 0. The smallest absolute Gasteiger partial charge is 0.178 e. The highest BCUT2D eigenvalue weighted by molar-refractivity contribution is 5.73. The van der Waals surface area contributed by atoms with Crippen molar-refractivity contribution in [2.75, 3.05) is 0 Å². The molecular formula is C15H15N3O. The van der Waals surface area contributed by atoms with Crippen LogP contribution in [0.15, 0.2) is 42.7 Å². The summed E-state index contributed by atoms with van der Waals surface area (Å²) in [7, 11) is 1.95. The van der Waals surface area contributed by atoms with Crippen LogP contribution in [0.25, 0.3) is 11.2 Å². The monoisotopic (exact) mass is 253 g/mol. The van der Waals surface area contributed by atoms with Crippen LogP contribution in [0, 0.1) is 6.92 Å². The maximum atomic E-state index is 5.85. The minimum atomic E-state index is 0.548. The normalized spacial score (nSPS) is 10.8. The fourth-order valence-electron chi connectivity index (χ4n) is 2.00. The highest BCUT2D eigenvalue weighted by Gasteiger charge is 2.08. The van der Waals surface area contributed by atoms with Gasteiger partial charge in [-0.3, -0.25) is 0 Å². The van der Waals surface area contributed by atoms with Crippen LogP contribution in [-0.4, -0.2) is 14.5 Å². The van der Waals surface area contributed by atoms with Crippen molar-refractivity contribution in [1.82, 2.24) is 14.5 Å². The molecule has 1 aromatic carbocycles. The topological polar surface area (TPSA) is 39.9 Å². The molecule has 0 bridgehead atoms. The van der Waals surface area contributed by atoms with E-state index in [1.165, 1.54) is 0 Å². The first-order valence-corrected chi connectivity index (χ1v) is 6.19. The van der Waals surface area contributed by atoms with Gasteiger partial charge in [0.1, 0.15) is 12.4 Å². The molecule has 2 heterocycles. The van der Waals surface area contributed by atoms with Gasteiger partial charge in [0.25, 0.3) is 0 Å². The minimum absolute atomic E-state index is 0.548. The maximum Gasteiger partial charge on any atom is 0.178 e. The fraction of sp³-hybridized carbons (Fsp3) is 0.200. The highest BCUT2D eigenvalue weighted by Crippen LogP contribution is 2.22. The molecular weight excluding hydrogens is 238 g/mol. The van der Waals surface area contributed by atoms with Crippen LogP contribution in [-0.2, 0) is 13.7 Å². The highest BCUT2D eigenvalue weighted by atomic mass is 16.5.